The average molecular weight is 495 g/mol. The predicted octanol–water partition coefficient (Wildman–Crippen LogP) is 2.75. The molecule has 2 aromatic rings. The normalized spacial score (nSPS) is 27.3. The first-order valence-electron chi connectivity index (χ1n) is 11.2. The fourth-order valence-electron chi connectivity index (χ4n) is 5.41. The molecule has 1 saturated heterocycles. The van der Waals surface area contributed by atoms with E-state index in [2.05, 4.69) is 4.72 Å². The number of sulfonamides is 1. The Bertz CT molecular complexity index is 1240. The number of hydrogen-bond acceptors (Lipinski definition) is 4. The van der Waals surface area contributed by atoms with Crippen LogP contribution < -0.4 is 4.72 Å². The third-order valence-corrected chi connectivity index (χ3v) is 7.94. The maximum absolute atomic E-state index is 15.6. The summed E-state index contributed by atoms with van der Waals surface area (Å²) in [7, 11) is -3.61. The Morgan fingerprint density at radius 3 is 2.44 bits per heavy atom. The van der Waals surface area contributed by atoms with Crippen LogP contribution in [0.3, 0.4) is 0 Å². The number of halogens is 3. The van der Waals surface area contributed by atoms with Crippen LogP contribution in [-0.2, 0) is 21.2 Å². The van der Waals surface area contributed by atoms with E-state index >= 15 is 4.39 Å². The lowest BCUT2D eigenvalue weighted by Crippen LogP contribution is -2.58. The molecule has 0 unspecified atom stereocenters. The summed E-state index contributed by atoms with van der Waals surface area (Å²) in [4.78, 5) is 14.8. The molecule has 3 fully saturated rings. The molecular formula is C24H25F3N2O4S. The Balaban J connectivity index is 1.51. The molecule has 3 aliphatic rings. The van der Waals surface area contributed by atoms with Gasteiger partial charge in [0.25, 0.3) is 5.91 Å². The molecule has 6 nitrogen and oxygen atoms in total. The van der Waals surface area contributed by atoms with Gasteiger partial charge >= 0.3 is 0 Å². The number of benzene rings is 2. The van der Waals surface area contributed by atoms with Crippen molar-refractivity contribution in [2.45, 2.75) is 55.8 Å². The minimum Gasteiger partial charge on any atom is -0.380 e. The number of fused-ring (bicyclic) bond motifs is 1. The Morgan fingerprint density at radius 1 is 1.18 bits per heavy atom. The van der Waals surface area contributed by atoms with E-state index in [4.69, 9.17) is 0 Å². The molecule has 0 aromatic heterocycles. The smallest absolute Gasteiger partial charge is 0.255 e. The number of nitrogens with zero attached hydrogens (tertiary/aromatic N) is 1. The zero-order valence-electron chi connectivity index (χ0n) is 18.5. The lowest BCUT2D eigenvalue weighted by Gasteiger charge is -2.42. The van der Waals surface area contributed by atoms with Gasteiger partial charge in [-0.2, -0.15) is 0 Å². The second-order valence-electron chi connectivity index (χ2n) is 9.69. The molecule has 2 saturated carbocycles. The molecule has 1 aliphatic heterocycles. The quantitative estimate of drug-likeness (QED) is 0.647. The SMILES string of the molecule is CS(=O)(=O)N[C@@H]1[C@H]2C[C@H]2N(C(=O)C2(O)CCC2)[C@@H]1Cc1cccc(-c2cc(F)cc(F)c2)c1F. The van der Waals surface area contributed by atoms with Gasteiger partial charge < -0.3 is 10.0 Å². The van der Waals surface area contributed by atoms with E-state index in [1.165, 1.54) is 12.1 Å². The molecule has 0 bridgehead atoms. The van der Waals surface area contributed by atoms with E-state index in [9.17, 15) is 27.1 Å². The summed E-state index contributed by atoms with van der Waals surface area (Å²) in [6.45, 7) is 0. The van der Waals surface area contributed by atoms with Crippen molar-refractivity contribution < 1.29 is 31.5 Å². The predicted molar refractivity (Wildman–Crippen MR) is 119 cm³/mol. The standard InChI is InChI=1S/C24H25F3N2O4S/c1-34(32,33)28-22-18-12-19(18)29(23(30)24(31)6-3-7-24)20(22)10-13-4-2-5-17(21(13)27)14-8-15(25)11-16(26)9-14/h2,4-5,8-9,11,18-20,22,28,31H,3,6-7,10,12H2,1H3/t18-,19+,20+,22+/m0/s1. The molecule has 2 N–H and O–H groups in total. The number of likely N-dealkylation sites (tertiary alicyclic amines) is 1. The zero-order chi connectivity index (χ0) is 24.4. The number of carbonyl (C=O) groups is 1. The number of aliphatic hydroxyl groups is 1. The van der Waals surface area contributed by atoms with Crippen molar-refractivity contribution >= 4 is 15.9 Å². The summed E-state index contributed by atoms with van der Waals surface area (Å²) in [5.41, 5.74) is -1.24. The van der Waals surface area contributed by atoms with Gasteiger partial charge in [0.05, 0.1) is 12.3 Å². The first-order chi connectivity index (χ1) is 16.0. The summed E-state index contributed by atoms with van der Waals surface area (Å²) >= 11 is 0. The maximum atomic E-state index is 15.6. The van der Waals surface area contributed by atoms with Gasteiger partial charge in [0, 0.05) is 23.7 Å². The summed E-state index contributed by atoms with van der Waals surface area (Å²) in [6.07, 6.45) is 3.03. The van der Waals surface area contributed by atoms with Crippen molar-refractivity contribution in [1.82, 2.24) is 9.62 Å². The highest BCUT2D eigenvalue weighted by Gasteiger charge is 2.63. The third-order valence-electron chi connectivity index (χ3n) is 7.24. The van der Waals surface area contributed by atoms with E-state index < -0.39 is 51.1 Å². The number of piperidine rings is 1. The summed E-state index contributed by atoms with van der Waals surface area (Å²) in [5, 5.41) is 10.7. The highest BCUT2D eigenvalue weighted by molar-refractivity contribution is 7.88. The number of amides is 1. The van der Waals surface area contributed by atoms with Crippen LogP contribution in [0.2, 0.25) is 0 Å². The summed E-state index contributed by atoms with van der Waals surface area (Å²) in [5.74, 6) is -2.92. The minimum atomic E-state index is -3.61. The van der Waals surface area contributed by atoms with E-state index in [1.54, 1.807) is 11.0 Å². The van der Waals surface area contributed by atoms with Crippen molar-refractivity contribution in [2.24, 2.45) is 5.92 Å². The second kappa shape index (κ2) is 8.07. The molecule has 2 aromatic carbocycles. The fourth-order valence-corrected chi connectivity index (χ4v) is 6.24. The van der Waals surface area contributed by atoms with Gasteiger partial charge in [0.15, 0.2) is 0 Å². The lowest BCUT2D eigenvalue weighted by molar-refractivity contribution is -0.162. The Kier molecular flexibility index (Phi) is 5.53. The van der Waals surface area contributed by atoms with Gasteiger partial charge in [-0.1, -0.05) is 18.2 Å². The first-order valence-corrected chi connectivity index (χ1v) is 13.1. The molecule has 1 amide bonds. The molecule has 5 rings (SSSR count). The van der Waals surface area contributed by atoms with Crippen LogP contribution in [0.15, 0.2) is 36.4 Å². The molecule has 10 heteroatoms. The number of nitrogens with one attached hydrogen (secondary N) is 1. The molecule has 34 heavy (non-hydrogen) atoms. The van der Waals surface area contributed by atoms with E-state index in [-0.39, 0.29) is 35.1 Å². The van der Waals surface area contributed by atoms with Crippen molar-refractivity contribution in [3.8, 4) is 11.1 Å². The van der Waals surface area contributed by atoms with Gasteiger partial charge in [0.1, 0.15) is 23.1 Å². The minimum absolute atomic E-state index is 0.00202. The molecule has 182 valence electrons. The molecule has 1 heterocycles. The lowest BCUT2D eigenvalue weighted by atomic mass is 9.78. The van der Waals surface area contributed by atoms with Crippen LogP contribution in [0.1, 0.15) is 31.2 Å². The first kappa shape index (κ1) is 23.3. The Morgan fingerprint density at radius 2 is 1.85 bits per heavy atom. The number of carbonyl (C=O) groups excluding carboxylic acids is 1. The van der Waals surface area contributed by atoms with Crippen LogP contribution in [0.25, 0.3) is 11.1 Å². The van der Waals surface area contributed by atoms with Gasteiger partial charge in [-0.15, -0.1) is 0 Å². The monoisotopic (exact) mass is 494 g/mol. The molecule has 0 radical (unpaired) electrons. The van der Waals surface area contributed by atoms with E-state index in [0.29, 0.717) is 25.3 Å². The second-order valence-corrected chi connectivity index (χ2v) is 11.5. The number of rotatable bonds is 6. The van der Waals surface area contributed by atoms with Gasteiger partial charge in [-0.05, 0) is 61.3 Å². The zero-order valence-corrected chi connectivity index (χ0v) is 19.3. The van der Waals surface area contributed by atoms with Gasteiger partial charge in [-0.25, -0.2) is 26.3 Å². The van der Waals surface area contributed by atoms with E-state index in [0.717, 1.165) is 24.8 Å². The maximum Gasteiger partial charge on any atom is 0.255 e. The molecule has 4 atom stereocenters. The van der Waals surface area contributed by atoms with Crippen LogP contribution in [0, 0.1) is 23.4 Å². The number of hydrogen-bond donors (Lipinski definition) is 2. The molecule has 2 aliphatic carbocycles. The van der Waals surface area contributed by atoms with Crippen molar-refractivity contribution in [3.63, 3.8) is 0 Å². The summed E-state index contributed by atoms with van der Waals surface area (Å²) in [6, 6.07) is 5.69. The van der Waals surface area contributed by atoms with Crippen molar-refractivity contribution in [3.05, 3.63) is 59.4 Å². The molecule has 0 spiro atoms. The highest BCUT2D eigenvalue weighted by Crippen LogP contribution is 2.51. The van der Waals surface area contributed by atoms with Crippen LogP contribution in [0.5, 0.6) is 0 Å². The van der Waals surface area contributed by atoms with E-state index in [1.807, 2.05) is 0 Å². The van der Waals surface area contributed by atoms with Gasteiger partial charge in [-0.3, -0.25) is 4.79 Å². The fraction of sp³-hybridized carbons (Fsp3) is 0.458. The van der Waals surface area contributed by atoms with Crippen LogP contribution in [-0.4, -0.2) is 54.3 Å². The Hall–Kier alpha value is -2.43. The van der Waals surface area contributed by atoms with Crippen molar-refractivity contribution in [2.75, 3.05) is 6.26 Å². The summed E-state index contributed by atoms with van der Waals surface area (Å²) < 4.78 is 69.7. The topological polar surface area (TPSA) is 86.7 Å². The third kappa shape index (κ3) is 4.12. The Labute approximate surface area is 195 Å². The van der Waals surface area contributed by atoms with Crippen LogP contribution >= 0.6 is 0 Å². The van der Waals surface area contributed by atoms with Gasteiger partial charge in [0.2, 0.25) is 10.0 Å². The van der Waals surface area contributed by atoms with Crippen LogP contribution in [0.4, 0.5) is 13.2 Å². The molecular weight excluding hydrogens is 469 g/mol. The largest absolute Gasteiger partial charge is 0.380 e. The highest BCUT2D eigenvalue weighted by atomic mass is 32.2. The van der Waals surface area contributed by atoms with Crippen molar-refractivity contribution in [1.29, 1.82) is 0 Å². The average Bonchev–Trinajstić information content (AvgIpc) is 3.44.